The van der Waals surface area contributed by atoms with Crippen LogP contribution < -0.4 is 5.32 Å². The zero-order valence-electron chi connectivity index (χ0n) is 15.0. The summed E-state index contributed by atoms with van der Waals surface area (Å²) in [5.41, 5.74) is 1.17. The molecule has 3 aromatic rings. The summed E-state index contributed by atoms with van der Waals surface area (Å²) < 4.78 is 4.12. The number of carbonyl (C=O) groups is 1. The Balaban J connectivity index is 1.60. The van der Waals surface area contributed by atoms with Crippen molar-refractivity contribution in [1.82, 2.24) is 29.5 Å². The van der Waals surface area contributed by atoms with Gasteiger partial charge in [-0.1, -0.05) is 30.0 Å². The topological polar surface area (TPSA) is 90.5 Å². The fraction of sp³-hybridized carbons (Fsp3) is 0.438. The molecule has 0 unspecified atom stereocenters. The van der Waals surface area contributed by atoms with Gasteiger partial charge in [0.25, 0.3) is 0 Å². The van der Waals surface area contributed by atoms with Gasteiger partial charge in [0, 0.05) is 31.9 Å². The summed E-state index contributed by atoms with van der Waals surface area (Å²) in [5.74, 6) is 1.03. The molecule has 0 bridgehead atoms. The molecule has 0 atom stereocenters. The standard InChI is InChI=1S/C16H21N7OS2/c1-4-14-19-20-15(26-14)17-13(24)10-25-16-21-18-12(23(16)5-2)9-11-7-6-8-22(11)3/h6-8H,4-5,9-10H2,1-3H3,(H,17,20,24). The van der Waals surface area contributed by atoms with Gasteiger partial charge in [0.15, 0.2) is 5.16 Å². The third-order valence-electron chi connectivity index (χ3n) is 3.85. The number of aryl methyl sites for hydroxylation is 2. The van der Waals surface area contributed by atoms with Gasteiger partial charge in [0.05, 0.1) is 5.75 Å². The van der Waals surface area contributed by atoms with E-state index in [0.717, 1.165) is 29.0 Å². The van der Waals surface area contributed by atoms with E-state index in [-0.39, 0.29) is 11.7 Å². The van der Waals surface area contributed by atoms with Crippen LogP contribution in [0.5, 0.6) is 0 Å². The Morgan fingerprint density at radius 3 is 2.77 bits per heavy atom. The van der Waals surface area contributed by atoms with Crippen LogP contribution >= 0.6 is 23.1 Å². The third kappa shape index (κ3) is 4.31. The van der Waals surface area contributed by atoms with Crippen molar-refractivity contribution in [2.45, 2.75) is 38.4 Å². The predicted molar refractivity (Wildman–Crippen MR) is 103 cm³/mol. The highest BCUT2D eigenvalue weighted by Crippen LogP contribution is 2.20. The van der Waals surface area contributed by atoms with Gasteiger partial charge in [0.1, 0.15) is 10.8 Å². The van der Waals surface area contributed by atoms with Gasteiger partial charge < -0.3 is 9.13 Å². The zero-order chi connectivity index (χ0) is 18.5. The van der Waals surface area contributed by atoms with Crippen LogP contribution in [0.25, 0.3) is 0 Å². The van der Waals surface area contributed by atoms with Gasteiger partial charge in [-0.05, 0) is 25.5 Å². The maximum atomic E-state index is 12.1. The number of nitrogens with zero attached hydrogens (tertiary/aromatic N) is 6. The number of hydrogen-bond donors (Lipinski definition) is 1. The first-order chi connectivity index (χ1) is 12.6. The molecule has 8 nitrogen and oxygen atoms in total. The molecule has 0 aromatic carbocycles. The second-order valence-electron chi connectivity index (χ2n) is 5.62. The van der Waals surface area contributed by atoms with Crippen LogP contribution in [0, 0.1) is 0 Å². The van der Waals surface area contributed by atoms with E-state index in [2.05, 4.69) is 43.3 Å². The number of nitrogens with one attached hydrogen (secondary N) is 1. The number of thioether (sulfide) groups is 1. The van der Waals surface area contributed by atoms with Crippen molar-refractivity contribution >= 4 is 34.1 Å². The van der Waals surface area contributed by atoms with E-state index < -0.39 is 0 Å². The quantitative estimate of drug-likeness (QED) is 0.593. The van der Waals surface area contributed by atoms with Crippen LogP contribution in [-0.4, -0.2) is 41.2 Å². The molecule has 3 rings (SSSR count). The molecule has 0 saturated heterocycles. The molecule has 0 spiro atoms. The summed E-state index contributed by atoms with van der Waals surface area (Å²) in [6.45, 7) is 4.81. The third-order valence-corrected chi connectivity index (χ3v) is 5.80. The average Bonchev–Trinajstić information content (AvgIpc) is 3.34. The largest absolute Gasteiger partial charge is 0.354 e. The molecule has 26 heavy (non-hydrogen) atoms. The summed E-state index contributed by atoms with van der Waals surface area (Å²) in [7, 11) is 2.01. The Morgan fingerprint density at radius 1 is 1.27 bits per heavy atom. The van der Waals surface area contributed by atoms with E-state index in [0.29, 0.717) is 11.6 Å². The number of rotatable bonds is 8. The highest BCUT2D eigenvalue weighted by molar-refractivity contribution is 7.99. The van der Waals surface area contributed by atoms with Crippen LogP contribution in [0.2, 0.25) is 0 Å². The minimum atomic E-state index is -0.122. The van der Waals surface area contributed by atoms with Gasteiger partial charge >= 0.3 is 0 Å². The van der Waals surface area contributed by atoms with Crippen molar-refractivity contribution < 1.29 is 4.79 Å². The minimum Gasteiger partial charge on any atom is -0.354 e. The Kier molecular flexibility index (Phi) is 6.04. The van der Waals surface area contributed by atoms with Gasteiger partial charge in [-0.2, -0.15) is 0 Å². The normalized spacial score (nSPS) is 11.0. The highest BCUT2D eigenvalue weighted by Gasteiger charge is 2.15. The molecule has 3 aromatic heterocycles. The molecule has 0 saturated carbocycles. The summed E-state index contributed by atoms with van der Waals surface area (Å²) in [5, 5.41) is 21.5. The van der Waals surface area contributed by atoms with E-state index in [4.69, 9.17) is 0 Å². The lowest BCUT2D eigenvalue weighted by atomic mass is 10.3. The minimum absolute atomic E-state index is 0.122. The van der Waals surface area contributed by atoms with Crippen molar-refractivity contribution in [3.8, 4) is 0 Å². The first kappa shape index (κ1) is 18.6. The molecule has 1 N–H and O–H groups in total. The van der Waals surface area contributed by atoms with Gasteiger partial charge in [-0.15, -0.1) is 20.4 Å². The average molecular weight is 392 g/mol. The highest BCUT2D eigenvalue weighted by atomic mass is 32.2. The second-order valence-corrected chi connectivity index (χ2v) is 7.63. The van der Waals surface area contributed by atoms with Gasteiger partial charge in [-0.25, -0.2) is 0 Å². The smallest absolute Gasteiger partial charge is 0.236 e. The molecular formula is C16H21N7OS2. The molecule has 0 aliphatic heterocycles. The lowest BCUT2D eigenvalue weighted by Crippen LogP contribution is -2.14. The number of aromatic nitrogens is 6. The Labute approximate surface area is 160 Å². The summed E-state index contributed by atoms with van der Waals surface area (Å²) in [6.07, 6.45) is 3.53. The number of carbonyl (C=O) groups excluding carboxylic acids is 1. The van der Waals surface area contributed by atoms with Crippen LogP contribution in [0.1, 0.15) is 30.4 Å². The molecule has 0 fully saturated rings. The Hall–Kier alpha value is -2.20. The molecule has 10 heteroatoms. The lowest BCUT2D eigenvalue weighted by molar-refractivity contribution is -0.113. The van der Waals surface area contributed by atoms with Crippen molar-refractivity contribution in [1.29, 1.82) is 0 Å². The van der Waals surface area contributed by atoms with Gasteiger partial charge in [-0.3, -0.25) is 10.1 Å². The predicted octanol–water partition coefficient (Wildman–Crippen LogP) is 2.37. The number of amides is 1. The molecule has 138 valence electrons. The molecule has 0 aliphatic rings. The Morgan fingerprint density at radius 2 is 2.12 bits per heavy atom. The van der Waals surface area contributed by atoms with Crippen LogP contribution in [-0.2, 0) is 31.2 Å². The van der Waals surface area contributed by atoms with E-state index >= 15 is 0 Å². The maximum absolute atomic E-state index is 12.1. The van der Waals surface area contributed by atoms with Crippen molar-refractivity contribution in [3.05, 3.63) is 34.9 Å². The van der Waals surface area contributed by atoms with Crippen molar-refractivity contribution in [3.63, 3.8) is 0 Å². The van der Waals surface area contributed by atoms with Crippen LogP contribution in [0.15, 0.2) is 23.5 Å². The fourth-order valence-corrected chi connectivity index (χ4v) is 3.97. The van der Waals surface area contributed by atoms with Crippen molar-refractivity contribution in [2.24, 2.45) is 7.05 Å². The van der Waals surface area contributed by atoms with E-state index in [1.807, 2.05) is 30.8 Å². The molecule has 3 heterocycles. The molecular weight excluding hydrogens is 370 g/mol. The van der Waals surface area contributed by atoms with E-state index in [1.54, 1.807) is 0 Å². The zero-order valence-corrected chi connectivity index (χ0v) is 16.6. The number of anilines is 1. The first-order valence-electron chi connectivity index (χ1n) is 8.38. The molecule has 1 amide bonds. The molecule has 0 radical (unpaired) electrons. The Bertz CT molecular complexity index is 883. The lowest BCUT2D eigenvalue weighted by Gasteiger charge is -2.08. The first-order valence-corrected chi connectivity index (χ1v) is 10.2. The van der Waals surface area contributed by atoms with E-state index in [1.165, 1.54) is 28.8 Å². The maximum Gasteiger partial charge on any atom is 0.236 e. The summed E-state index contributed by atoms with van der Waals surface area (Å²) in [6, 6.07) is 4.08. The monoisotopic (exact) mass is 391 g/mol. The summed E-state index contributed by atoms with van der Waals surface area (Å²) >= 11 is 2.78. The number of hydrogen-bond acceptors (Lipinski definition) is 7. The second kappa shape index (κ2) is 8.45. The fourth-order valence-electron chi connectivity index (χ4n) is 2.45. The van der Waals surface area contributed by atoms with Crippen LogP contribution in [0.4, 0.5) is 5.13 Å². The van der Waals surface area contributed by atoms with Crippen molar-refractivity contribution in [2.75, 3.05) is 11.1 Å². The SMILES string of the molecule is CCc1nnc(NC(=O)CSc2nnc(Cc3cccn3C)n2CC)s1. The summed E-state index contributed by atoms with van der Waals surface area (Å²) in [4.78, 5) is 12.1. The molecule has 0 aliphatic carbocycles. The van der Waals surface area contributed by atoms with E-state index in [9.17, 15) is 4.79 Å². The van der Waals surface area contributed by atoms with Crippen LogP contribution in [0.3, 0.4) is 0 Å². The van der Waals surface area contributed by atoms with Gasteiger partial charge in [0.2, 0.25) is 11.0 Å².